The maximum absolute atomic E-state index is 12.7. The van der Waals surface area contributed by atoms with Crippen LogP contribution < -0.4 is 4.31 Å². The Labute approximate surface area is 144 Å². The third kappa shape index (κ3) is 3.02. The monoisotopic (exact) mass is 363 g/mol. The quantitative estimate of drug-likeness (QED) is 0.905. The molecule has 0 spiro atoms. The molecule has 24 heavy (non-hydrogen) atoms. The molecular formula is C17H14ClNO4S. The van der Waals surface area contributed by atoms with Crippen LogP contribution in [0.5, 0.6) is 0 Å². The van der Waals surface area contributed by atoms with Crippen LogP contribution in [0, 0.1) is 0 Å². The average Bonchev–Trinajstić information content (AvgIpc) is 2.95. The van der Waals surface area contributed by atoms with Gasteiger partial charge in [0.05, 0.1) is 11.1 Å². The predicted octanol–water partition coefficient (Wildman–Crippen LogP) is 3.16. The molecule has 0 unspecified atom stereocenters. The Morgan fingerprint density at radius 1 is 1.17 bits per heavy atom. The Morgan fingerprint density at radius 2 is 1.83 bits per heavy atom. The van der Waals surface area contributed by atoms with Crippen LogP contribution in [-0.4, -0.2) is 25.5 Å². The molecule has 0 aliphatic carbocycles. The number of rotatable bonds is 4. The number of para-hydroxylation sites is 1. The van der Waals surface area contributed by atoms with Crippen LogP contribution in [-0.2, 0) is 21.2 Å². The zero-order valence-corrected chi connectivity index (χ0v) is 14.0. The number of hydrogen-bond acceptors (Lipinski definition) is 3. The van der Waals surface area contributed by atoms with E-state index in [2.05, 4.69) is 0 Å². The maximum atomic E-state index is 12.7. The fourth-order valence-corrected chi connectivity index (χ4v) is 4.31. The number of carboxylic acid groups (broad SMARTS) is 1. The molecule has 0 fully saturated rings. The first kappa shape index (κ1) is 16.5. The first-order valence-corrected chi connectivity index (χ1v) is 9.06. The minimum absolute atomic E-state index is 0.144. The topological polar surface area (TPSA) is 74.7 Å². The summed E-state index contributed by atoms with van der Waals surface area (Å²) in [5.74, 6) is -1.18. The van der Waals surface area contributed by atoms with E-state index in [-0.39, 0.29) is 6.42 Å². The standard InChI is InChI=1S/C17H14ClNO4S/c18-14-7-3-1-5-12(14)9-10-24(22,23)19-15-8-4-2-6-13(15)11-16(19)17(20)21/h1-10,16H,11H2,(H,20,21)/b10-9+/t16-/m1/s1. The van der Waals surface area contributed by atoms with Crippen molar-refractivity contribution in [2.45, 2.75) is 12.5 Å². The van der Waals surface area contributed by atoms with Crippen LogP contribution in [0.4, 0.5) is 5.69 Å². The highest BCUT2D eigenvalue weighted by molar-refractivity contribution is 7.95. The summed E-state index contributed by atoms with van der Waals surface area (Å²) >= 11 is 6.02. The molecule has 1 atom stereocenters. The number of benzene rings is 2. The number of halogens is 1. The summed E-state index contributed by atoms with van der Waals surface area (Å²) in [4.78, 5) is 11.5. The molecule has 2 aromatic rings. The molecule has 5 nitrogen and oxygen atoms in total. The van der Waals surface area contributed by atoms with Crippen LogP contribution in [0.1, 0.15) is 11.1 Å². The normalized spacial score (nSPS) is 17.2. The summed E-state index contributed by atoms with van der Waals surface area (Å²) in [6, 6.07) is 12.5. The van der Waals surface area contributed by atoms with Crippen molar-refractivity contribution in [2.24, 2.45) is 0 Å². The van der Waals surface area contributed by atoms with E-state index < -0.39 is 22.0 Å². The summed E-state index contributed by atoms with van der Waals surface area (Å²) < 4.78 is 26.4. The lowest BCUT2D eigenvalue weighted by Crippen LogP contribution is -2.41. The number of aliphatic carboxylic acids is 1. The Kier molecular flexibility index (Phi) is 4.34. The van der Waals surface area contributed by atoms with Crippen molar-refractivity contribution in [1.29, 1.82) is 0 Å². The van der Waals surface area contributed by atoms with Crippen molar-refractivity contribution in [3.8, 4) is 0 Å². The highest BCUT2D eigenvalue weighted by Crippen LogP contribution is 2.35. The van der Waals surface area contributed by atoms with E-state index in [1.165, 1.54) is 6.08 Å². The lowest BCUT2D eigenvalue weighted by Gasteiger charge is -2.22. The second kappa shape index (κ2) is 6.30. The lowest BCUT2D eigenvalue weighted by atomic mass is 10.1. The van der Waals surface area contributed by atoms with E-state index in [4.69, 9.17) is 11.6 Å². The van der Waals surface area contributed by atoms with Gasteiger partial charge in [-0.25, -0.2) is 13.2 Å². The van der Waals surface area contributed by atoms with E-state index in [0.29, 0.717) is 21.8 Å². The molecule has 0 amide bonds. The average molecular weight is 364 g/mol. The van der Waals surface area contributed by atoms with Gasteiger partial charge in [0.2, 0.25) is 0 Å². The first-order valence-electron chi connectivity index (χ1n) is 7.18. The number of sulfonamides is 1. The Bertz CT molecular complexity index is 924. The molecule has 1 N–H and O–H groups in total. The molecule has 3 rings (SSSR count). The van der Waals surface area contributed by atoms with Gasteiger partial charge in [0.15, 0.2) is 0 Å². The van der Waals surface area contributed by atoms with Gasteiger partial charge in [0.1, 0.15) is 6.04 Å². The van der Waals surface area contributed by atoms with Crippen molar-refractivity contribution < 1.29 is 18.3 Å². The van der Waals surface area contributed by atoms with Crippen LogP contribution in [0.25, 0.3) is 6.08 Å². The molecule has 0 aromatic heterocycles. The zero-order chi connectivity index (χ0) is 17.3. The highest BCUT2D eigenvalue weighted by atomic mass is 35.5. The van der Waals surface area contributed by atoms with Gasteiger partial charge >= 0.3 is 5.97 Å². The van der Waals surface area contributed by atoms with Gasteiger partial charge in [-0.2, -0.15) is 0 Å². The molecule has 0 saturated carbocycles. The van der Waals surface area contributed by atoms with Crippen LogP contribution in [0.15, 0.2) is 53.9 Å². The van der Waals surface area contributed by atoms with E-state index >= 15 is 0 Å². The zero-order valence-electron chi connectivity index (χ0n) is 12.5. The van der Waals surface area contributed by atoms with Gasteiger partial charge in [-0.3, -0.25) is 4.31 Å². The number of nitrogens with zero attached hydrogens (tertiary/aromatic N) is 1. The maximum Gasteiger partial charge on any atom is 0.327 e. The lowest BCUT2D eigenvalue weighted by molar-refractivity contribution is -0.138. The Hall–Kier alpha value is -2.31. The first-order chi connectivity index (χ1) is 11.4. The molecule has 0 radical (unpaired) electrons. The molecule has 1 aliphatic heterocycles. The molecule has 0 bridgehead atoms. The van der Waals surface area contributed by atoms with E-state index in [1.54, 1.807) is 48.5 Å². The third-order valence-electron chi connectivity index (χ3n) is 3.81. The SMILES string of the molecule is O=C(O)[C@H]1Cc2ccccc2N1S(=O)(=O)/C=C/c1ccccc1Cl. The predicted molar refractivity (Wildman–Crippen MR) is 93.5 cm³/mol. The number of anilines is 1. The Morgan fingerprint density at radius 3 is 2.54 bits per heavy atom. The minimum Gasteiger partial charge on any atom is -0.480 e. The van der Waals surface area contributed by atoms with Gasteiger partial charge in [-0.15, -0.1) is 0 Å². The molecule has 2 aromatic carbocycles. The number of carbonyl (C=O) groups is 1. The molecule has 1 heterocycles. The summed E-state index contributed by atoms with van der Waals surface area (Å²) in [7, 11) is -3.97. The Balaban J connectivity index is 2.01. The van der Waals surface area contributed by atoms with Gasteiger partial charge in [0, 0.05) is 11.4 Å². The van der Waals surface area contributed by atoms with Crippen LogP contribution in [0.3, 0.4) is 0 Å². The molecule has 0 saturated heterocycles. The summed E-state index contributed by atoms with van der Waals surface area (Å²) in [6.07, 6.45) is 1.52. The van der Waals surface area contributed by atoms with Crippen LogP contribution in [0.2, 0.25) is 5.02 Å². The molecule has 7 heteroatoms. The smallest absolute Gasteiger partial charge is 0.327 e. The highest BCUT2D eigenvalue weighted by Gasteiger charge is 2.40. The largest absolute Gasteiger partial charge is 0.480 e. The number of hydrogen-bond donors (Lipinski definition) is 1. The van der Waals surface area contributed by atoms with Crippen molar-refractivity contribution in [1.82, 2.24) is 0 Å². The fraction of sp³-hybridized carbons (Fsp3) is 0.118. The molecule has 124 valence electrons. The van der Waals surface area contributed by atoms with Crippen molar-refractivity contribution in [2.75, 3.05) is 4.31 Å². The van der Waals surface area contributed by atoms with Crippen molar-refractivity contribution in [3.63, 3.8) is 0 Å². The van der Waals surface area contributed by atoms with Gasteiger partial charge in [0.25, 0.3) is 10.0 Å². The minimum atomic E-state index is -3.97. The van der Waals surface area contributed by atoms with Gasteiger partial charge in [-0.05, 0) is 29.3 Å². The second-order valence-corrected chi connectivity index (χ2v) is 7.45. The third-order valence-corrected chi connectivity index (χ3v) is 5.63. The summed E-state index contributed by atoms with van der Waals surface area (Å²) in [5.41, 5.74) is 1.63. The second-order valence-electron chi connectivity index (χ2n) is 5.35. The van der Waals surface area contributed by atoms with Crippen molar-refractivity contribution >= 4 is 39.4 Å². The van der Waals surface area contributed by atoms with E-state index in [1.807, 2.05) is 0 Å². The van der Waals surface area contributed by atoms with E-state index in [0.717, 1.165) is 9.71 Å². The number of carboxylic acids is 1. The van der Waals surface area contributed by atoms with E-state index in [9.17, 15) is 18.3 Å². The molecule has 1 aliphatic rings. The molecular weight excluding hydrogens is 350 g/mol. The fourth-order valence-electron chi connectivity index (χ4n) is 2.69. The van der Waals surface area contributed by atoms with Crippen molar-refractivity contribution in [3.05, 3.63) is 70.1 Å². The summed E-state index contributed by atoms with van der Waals surface area (Å²) in [5, 5.41) is 10.8. The van der Waals surface area contributed by atoms with Gasteiger partial charge in [-0.1, -0.05) is 48.0 Å². The summed E-state index contributed by atoms with van der Waals surface area (Å²) in [6.45, 7) is 0. The number of fused-ring (bicyclic) bond motifs is 1. The van der Waals surface area contributed by atoms with Crippen LogP contribution >= 0.6 is 11.6 Å². The van der Waals surface area contributed by atoms with Gasteiger partial charge < -0.3 is 5.11 Å².